The minimum Gasteiger partial charge on any atom is -0.368 e. The highest BCUT2D eigenvalue weighted by atomic mass is 15.2. The van der Waals surface area contributed by atoms with E-state index in [1.807, 2.05) is 6.07 Å². The van der Waals surface area contributed by atoms with Gasteiger partial charge in [-0.1, -0.05) is 6.92 Å². The van der Waals surface area contributed by atoms with Crippen LogP contribution in [0.5, 0.6) is 0 Å². The molecule has 14 heavy (non-hydrogen) atoms. The lowest BCUT2D eigenvalue weighted by Crippen LogP contribution is -2.23. The molecule has 0 radical (unpaired) electrons. The smallest absolute Gasteiger partial charge is 0.220 e. The van der Waals surface area contributed by atoms with Gasteiger partial charge in [-0.25, -0.2) is 9.97 Å². The summed E-state index contributed by atoms with van der Waals surface area (Å²) in [4.78, 5) is 10.6. The molecule has 0 bridgehead atoms. The fraction of sp³-hybridized carbons (Fsp3) is 0.600. The molecule has 2 heterocycles. The Kier molecular flexibility index (Phi) is 2.63. The second-order valence-corrected chi connectivity index (χ2v) is 3.63. The van der Waals surface area contributed by atoms with Crippen molar-refractivity contribution in [3.05, 3.63) is 18.0 Å². The van der Waals surface area contributed by atoms with Gasteiger partial charge in [-0.05, 0) is 32.0 Å². The Balaban J connectivity index is 2.21. The van der Waals surface area contributed by atoms with Crippen molar-refractivity contribution >= 4 is 5.95 Å². The van der Waals surface area contributed by atoms with Crippen molar-refractivity contribution < 1.29 is 0 Å². The Morgan fingerprint density at radius 3 is 3.21 bits per heavy atom. The fourth-order valence-electron chi connectivity index (χ4n) is 2.11. The number of hydrogen-bond acceptors (Lipinski definition) is 4. The Morgan fingerprint density at radius 2 is 2.50 bits per heavy atom. The number of likely N-dealkylation sites (tertiary alicyclic amines) is 1. The highest BCUT2D eigenvalue weighted by Gasteiger charge is 2.25. The number of nitrogens with two attached hydrogens (primary N) is 1. The molecule has 4 nitrogen and oxygen atoms in total. The molecule has 0 aromatic carbocycles. The van der Waals surface area contributed by atoms with Gasteiger partial charge in [0.1, 0.15) is 0 Å². The van der Waals surface area contributed by atoms with Crippen molar-refractivity contribution in [3.8, 4) is 0 Å². The lowest BCUT2D eigenvalue weighted by molar-refractivity contribution is 0.267. The summed E-state index contributed by atoms with van der Waals surface area (Å²) in [5, 5.41) is 0. The Morgan fingerprint density at radius 1 is 1.64 bits per heavy atom. The first kappa shape index (κ1) is 9.40. The standard InChI is InChI=1S/C10H16N4/c1-2-14-7-3-4-9(14)8-5-6-12-10(11)13-8/h5-6,9H,2-4,7H2,1H3,(H2,11,12,13). The molecule has 2 N–H and O–H groups in total. The molecule has 2 rings (SSSR count). The van der Waals surface area contributed by atoms with Crippen molar-refractivity contribution in [1.29, 1.82) is 0 Å². The second kappa shape index (κ2) is 3.92. The van der Waals surface area contributed by atoms with E-state index in [-0.39, 0.29) is 0 Å². The summed E-state index contributed by atoms with van der Waals surface area (Å²) >= 11 is 0. The normalized spacial score (nSPS) is 22.8. The van der Waals surface area contributed by atoms with Gasteiger partial charge >= 0.3 is 0 Å². The van der Waals surface area contributed by atoms with Gasteiger partial charge < -0.3 is 5.73 Å². The highest BCUT2D eigenvalue weighted by molar-refractivity contribution is 5.20. The molecule has 1 aliphatic rings. The highest BCUT2D eigenvalue weighted by Crippen LogP contribution is 2.29. The van der Waals surface area contributed by atoms with Crippen molar-refractivity contribution in [2.75, 3.05) is 18.8 Å². The molecule has 1 saturated heterocycles. The third-order valence-electron chi connectivity index (χ3n) is 2.81. The topological polar surface area (TPSA) is 55.0 Å². The average molecular weight is 192 g/mol. The van der Waals surface area contributed by atoms with Gasteiger partial charge in [0.2, 0.25) is 5.95 Å². The number of nitrogens with zero attached hydrogens (tertiary/aromatic N) is 3. The van der Waals surface area contributed by atoms with Crippen LogP contribution in [0.4, 0.5) is 5.95 Å². The van der Waals surface area contributed by atoms with Crippen molar-refractivity contribution in [3.63, 3.8) is 0 Å². The monoisotopic (exact) mass is 192 g/mol. The van der Waals surface area contributed by atoms with Gasteiger partial charge in [0.15, 0.2) is 0 Å². The lowest BCUT2D eigenvalue weighted by Gasteiger charge is -2.21. The zero-order chi connectivity index (χ0) is 9.97. The first-order valence-corrected chi connectivity index (χ1v) is 5.13. The summed E-state index contributed by atoms with van der Waals surface area (Å²) in [5.41, 5.74) is 6.64. The van der Waals surface area contributed by atoms with Crippen LogP contribution in [-0.2, 0) is 0 Å². The SMILES string of the molecule is CCN1CCCC1c1ccnc(N)n1. The molecule has 76 valence electrons. The summed E-state index contributed by atoms with van der Waals surface area (Å²) < 4.78 is 0. The van der Waals surface area contributed by atoms with E-state index in [0.29, 0.717) is 12.0 Å². The second-order valence-electron chi connectivity index (χ2n) is 3.63. The largest absolute Gasteiger partial charge is 0.368 e. The number of nitrogen functional groups attached to an aromatic ring is 1. The van der Waals surface area contributed by atoms with Crippen LogP contribution in [0.3, 0.4) is 0 Å². The predicted octanol–water partition coefficient (Wildman–Crippen LogP) is 1.22. The van der Waals surface area contributed by atoms with E-state index in [1.54, 1.807) is 6.20 Å². The quantitative estimate of drug-likeness (QED) is 0.765. The summed E-state index contributed by atoms with van der Waals surface area (Å²) in [6, 6.07) is 2.42. The molecular formula is C10H16N4. The van der Waals surface area contributed by atoms with Gasteiger partial charge in [-0.3, -0.25) is 4.90 Å². The third-order valence-corrected chi connectivity index (χ3v) is 2.81. The summed E-state index contributed by atoms with van der Waals surface area (Å²) in [6.07, 6.45) is 4.18. The van der Waals surface area contributed by atoms with E-state index < -0.39 is 0 Å². The van der Waals surface area contributed by atoms with E-state index in [1.165, 1.54) is 19.4 Å². The molecule has 0 saturated carbocycles. The molecule has 4 heteroatoms. The van der Waals surface area contributed by atoms with Crippen LogP contribution in [0.1, 0.15) is 31.5 Å². The van der Waals surface area contributed by atoms with Crippen molar-refractivity contribution in [2.24, 2.45) is 0 Å². The molecule has 0 spiro atoms. The summed E-state index contributed by atoms with van der Waals surface area (Å²) in [7, 11) is 0. The molecule has 0 amide bonds. The first-order chi connectivity index (χ1) is 6.81. The number of hydrogen-bond donors (Lipinski definition) is 1. The minimum atomic E-state index is 0.380. The number of aromatic nitrogens is 2. The zero-order valence-electron chi connectivity index (χ0n) is 8.48. The molecule has 1 atom stereocenters. The van der Waals surface area contributed by atoms with Gasteiger partial charge in [0.05, 0.1) is 11.7 Å². The van der Waals surface area contributed by atoms with E-state index in [9.17, 15) is 0 Å². The maximum absolute atomic E-state index is 5.57. The molecule has 1 aromatic rings. The first-order valence-electron chi connectivity index (χ1n) is 5.13. The van der Waals surface area contributed by atoms with E-state index >= 15 is 0 Å². The van der Waals surface area contributed by atoms with E-state index in [0.717, 1.165) is 12.2 Å². The number of anilines is 1. The van der Waals surface area contributed by atoms with Crippen LogP contribution in [-0.4, -0.2) is 28.0 Å². The fourth-order valence-corrected chi connectivity index (χ4v) is 2.11. The molecule has 1 unspecified atom stereocenters. The van der Waals surface area contributed by atoms with Gasteiger partial charge in [0.25, 0.3) is 0 Å². The average Bonchev–Trinajstić information content (AvgIpc) is 2.65. The van der Waals surface area contributed by atoms with Crippen LogP contribution in [0.2, 0.25) is 0 Å². The van der Waals surface area contributed by atoms with E-state index in [4.69, 9.17) is 5.73 Å². The Hall–Kier alpha value is -1.16. The van der Waals surface area contributed by atoms with Crippen LogP contribution in [0, 0.1) is 0 Å². The molecule has 1 aliphatic heterocycles. The third kappa shape index (κ3) is 1.70. The summed E-state index contributed by atoms with van der Waals surface area (Å²) in [5.74, 6) is 0.380. The Bertz CT molecular complexity index is 313. The molecule has 1 aromatic heterocycles. The van der Waals surface area contributed by atoms with Gasteiger partial charge in [-0.15, -0.1) is 0 Å². The molecule has 0 aliphatic carbocycles. The van der Waals surface area contributed by atoms with Crippen LogP contribution >= 0.6 is 0 Å². The minimum absolute atomic E-state index is 0.380. The lowest BCUT2D eigenvalue weighted by atomic mass is 10.1. The Labute approximate surface area is 84.2 Å². The van der Waals surface area contributed by atoms with Crippen LogP contribution < -0.4 is 5.73 Å². The predicted molar refractivity (Wildman–Crippen MR) is 55.7 cm³/mol. The van der Waals surface area contributed by atoms with Crippen LogP contribution in [0.25, 0.3) is 0 Å². The molecule has 1 fully saturated rings. The van der Waals surface area contributed by atoms with Gasteiger partial charge in [-0.2, -0.15) is 0 Å². The van der Waals surface area contributed by atoms with Crippen LogP contribution in [0.15, 0.2) is 12.3 Å². The summed E-state index contributed by atoms with van der Waals surface area (Å²) in [6.45, 7) is 4.43. The molecular weight excluding hydrogens is 176 g/mol. The van der Waals surface area contributed by atoms with Gasteiger partial charge in [0, 0.05) is 6.20 Å². The zero-order valence-corrected chi connectivity index (χ0v) is 8.48. The maximum Gasteiger partial charge on any atom is 0.220 e. The number of rotatable bonds is 2. The van der Waals surface area contributed by atoms with Crippen molar-refractivity contribution in [2.45, 2.75) is 25.8 Å². The maximum atomic E-state index is 5.57. The van der Waals surface area contributed by atoms with E-state index in [2.05, 4.69) is 21.8 Å². The van der Waals surface area contributed by atoms with Crippen molar-refractivity contribution in [1.82, 2.24) is 14.9 Å².